The van der Waals surface area contributed by atoms with Gasteiger partial charge in [-0.3, -0.25) is 4.79 Å². The van der Waals surface area contributed by atoms with Gasteiger partial charge in [0.05, 0.1) is 11.9 Å². The largest absolute Gasteiger partial charge is 0.289 e. The lowest BCUT2D eigenvalue weighted by atomic mass is 9.86. The van der Waals surface area contributed by atoms with Crippen molar-refractivity contribution in [1.82, 2.24) is 0 Å². The zero-order valence-corrected chi connectivity index (χ0v) is 16.3. The molecule has 0 saturated heterocycles. The number of carbonyl (C=O) groups excluding carboxylic acids is 1. The van der Waals surface area contributed by atoms with E-state index in [1.807, 2.05) is 72.8 Å². The zero-order chi connectivity index (χ0) is 20.1. The Morgan fingerprint density at radius 2 is 1.21 bits per heavy atom. The number of azo groups is 1. The molecule has 3 aromatic carbocycles. The highest BCUT2D eigenvalue weighted by molar-refractivity contribution is 6.43. The number of carbonyl (C=O) groups is 1. The molecular weight excluding hydrogens is 380 g/mol. The molecule has 0 amide bonds. The van der Waals surface area contributed by atoms with E-state index in [9.17, 15) is 4.79 Å². The molecule has 0 saturated carbocycles. The summed E-state index contributed by atoms with van der Waals surface area (Å²) in [6.07, 6.45) is 5.36. The van der Waals surface area contributed by atoms with Gasteiger partial charge in [0.1, 0.15) is 0 Å². The second-order valence-electron chi connectivity index (χ2n) is 6.50. The Hall–Kier alpha value is -3.56. The molecule has 0 bridgehead atoms. The van der Waals surface area contributed by atoms with Crippen LogP contribution >= 0.6 is 11.6 Å². The van der Waals surface area contributed by atoms with Crippen molar-refractivity contribution in [2.75, 3.05) is 0 Å². The van der Waals surface area contributed by atoms with Gasteiger partial charge in [0, 0.05) is 16.2 Å². The highest BCUT2D eigenvalue weighted by atomic mass is 35.5. The summed E-state index contributed by atoms with van der Waals surface area (Å²) < 4.78 is 0. The number of halogens is 1. The van der Waals surface area contributed by atoms with Gasteiger partial charge in [0.2, 0.25) is 0 Å². The van der Waals surface area contributed by atoms with Crippen LogP contribution in [-0.2, 0) is 4.79 Å². The number of allylic oxidation sites excluding steroid dienone is 5. The first-order valence-corrected chi connectivity index (χ1v) is 9.54. The van der Waals surface area contributed by atoms with Crippen molar-refractivity contribution in [2.45, 2.75) is 0 Å². The van der Waals surface area contributed by atoms with Crippen LogP contribution in [0.4, 0.5) is 5.69 Å². The SMILES string of the molecule is O=C1C(c2ccccc2)=CC(=CN=Nc2ccc(Cl)cc2)C=C1c1ccccc1. The molecule has 0 aliphatic heterocycles. The minimum atomic E-state index is -0.00538. The standard InChI is InChI=1S/C25H17ClN2O/c26-21-11-13-22(14-12-21)28-27-17-18-15-23(19-7-3-1-4-8-19)25(29)24(16-18)20-9-5-2-6-10-20/h1-17H. The number of hydrogen-bond acceptors (Lipinski definition) is 3. The van der Waals surface area contributed by atoms with Gasteiger partial charge in [-0.05, 0) is 53.1 Å². The number of ketones is 1. The van der Waals surface area contributed by atoms with Crippen molar-refractivity contribution in [3.63, 3.8) is 0 Å². The first-order valence-electron chi connectivity index (χ1n) is 9.16. The molecule has 0 heterocycles. The summed E-state index contributed by atoms with van der Waals surface area (Å²) in [5.74, 6) is -0.00538. The molecule has 0 radical (unpaired) electrons. The zero-order valence-electron chi connectivity index (χ0n) is 15.5. The molecule has 0 N–H and O–H groups in total. The highest BCUT2D eigenvalue weighted by Crippen LogP contribution is 2.32. The molecule has 4 heteroatoms. The van der Waals surface area contributed by atoms with Crippen molar-refractivity contribution in [3.8, 4) is 0 Å². The lowest BCUT2D eigenvalue weighted by Gasteiger charge is -2.16. The number of nitrogens with zero attached hydrogens (tertiary/aromatic N) is 2. The summed E-state index contributed by atoms with van der Waals surface area (Å²) in [5.41, 5.74) is 4.54. The Morgan fingerprint density at radius 1 is 0.690 bits per heavy atom. The van der Waals surface area contributed by atoms with E-state index in [4.69, 9.17) is 11.6 Å². The summed E-state index contributed by atoms with van der Waals surface area (Å²) in [5, 5.41) is 9.05. The van der Waals surface area contributed by atoms with Gasteiger partial charge in [-0.1, -0.05) is 72.3 Å². The lowest BCUT2D eigenvalue weighted by Crippen LogP contribution is -2.09. The molecule has 4 rings (SSSR count). The fourth-order valence-electron chi connectivity index (χ4n) is 3.06. The monoisotopic (exact) mass is 396 g/mol. The smallest absolute Gasteiger partial charge is 0.194 e. The molecule has 140 valence electrons. The third kappa shape index (κ3) is 4.48. The van der Waals surface area contributed by atoms with E-state index >= 15 is 0 Å². The minimum Gasteiger partial charge on any atom is -0.289 e. The van der Waals surface area contributed by atoms with Gasteiger partial charge in [-0.25, -0.2) is 0 Å². The third-order valence-electron chi connectivity index (χ3n) is 4.49. The summed E-state index contributed by atoms with van der Waals surface area (Å²) in [6.45, 7) is 0. The van der Waals surface area contributed by atoms with Crippen molar-refractivity contribution >= 4 is 34.2 Å². The van der Waals surface area contributed by atoms with E-state index in [2.05, 4.69) is 10.2 Å². The quantitative estimate of drug-likeness (QED) is 0.435. The topological polar surface area (TPSA) is 41.8 Å². The van der Waals surface area contributed by atoms with E-state index in [1.54, 1.807) is 30.5 Å². The highest BCUT2D eigenvalue weighted by Gasteiger charge is 2.22. The van der Waals surface area contributed by atoms with Crippen LogP contribution in [0.2, 0.25) is 5.02 Å². The van der Waals surface area contributed by atoms with E-state index in [-0.39, 0.29) is 5.78 Å². The van der Waals surface area contributed by atoms with Gasteiger partial charge in [-0.15, -0.1) is 0 Å². The van der Waals surface area contributed by atoms with Crippen LogP contribution in [0.3, 0.4) is 0 Å². The number of hydrogen-bond donors (Lipinski definition) is 0. The molecule has 0 atom stereocenters. The Morgan fingerprint density at radius 3 is 1.72 bits per heavy atom. The van der Waals surface area contributed by atoms with E-state index in [0.29, 0.717) is 21.9 Å². The van der Waals surface area contributed by atoms with Gasteiger partial charge in [0.25, 0.3) is 0 Å². The molecule has 3 nitrogen and oxygen atoms in total. The second kappa shape index (κ2) is 8.63. The normalized spacial score (nSPS) is 14.0. The molecule has 0 fully saturated rings. The Labute approximate surface area is 174 Å². The maximum absolute atomic E-state index is 13.2. The van der Waals surface area contributed by atoms with Crippen LogP contribution in [-0.4, -0.2) is 5.78 Å². The molecule has 29 heavy (non-hydrogen) atoms. The average Bonchev–Trinajstić information content (AvgIpc) is 2.77. The van der Waals surface area contributed by atoms with E-state index < -0.39 is 0 Å². The number of rotatable bonds is 4. The van der Waals surface area contributed by atoms with Crippen LogP contribution in [0.25, 0.3) is 11.1 Å². The van der Waals surface area contributed by atoms with E-state index in [0.717, 1.165) is 16.7 Å². The maximum atomic E-state index is 13.2. The summed E-state index contributed by atoms with van der Waals surface area (Å²) in [6, 6.07) is 26.4. The number of Topliss-reactive ketones (excluding diaryl/α,β-unsaturated/α-hetero) is 1. The third-order valence-corrected chi connectivity index (χ3v) is 4.74. The predicted octanol–water partition coefficient (Wildman–Crippen LogP) is 7.06. The summed E-state index contributed by atoms with van der Waals surface area (Å²) in [4.78, 5) is 13.2. The fraction of sp³-hybridized carbons (Fsp3) is 0. The Balaban J connectivity index is 1.73. The molecule has 1 aliphatic carbocycles. The van der Waals surface area contributed by atoms with Crippen LogP contribution in [0.1, 0.15) is 11.1 Å². The first kappa shape index (κ1) is 18.8. The second-order valence-corrected chi connectivity index (χ2v) is 6.93. The summed E-state index contributed by atoms with van der Waals surface area (Å²) >= 11 is 5.90. The lowest BCUT2D eigenvalue weighted by molar-refractivity contribution is -0.108. The predicted molar refractivity (Wildman–Crippen MR) is 118 cm³/mol. The minimum absolute atomic E-state index is 0.00538. The average molecular weight is 397 g/mol. The van der Waals surface area contributed by atoms with Gasteiger partial charge < -0.3 is 0 Å². The Kier molecular flexibility index (Phi) is 5.59. The van der Waals surface area contributed by atoms with Crippen LogP contribution < -0.4 is 0 Å². The van der Waals surface area contributed by atoms with E-state index in [1.165, 1.54) is 0 Å². The molecule has 0 aromatic heterocycles. The van der Waals surface area contributed by atoms with Crippen LogP contribution in [0, 0.1) is 0 Å². The van der Waals surface area contributed by atoms with Gasteiger partial charge in [0.15, 0.2) is 5.78 Å². The molecule has 3 aromatic rings. The summed E-state index contributed by atoms with van der Waals surface area (Å²) in [7, 11) is 0. The molecule has 1 aliphatic rings. The van der Waals surface area contributed by atoms with Crippen LogP contribution in [0.5, 0.6) is 0 Å². The maximum Gasteiger partial charge on any atom is 0.194 e. The molecule has 0 spiro atoms. The molecular formula is C25H17ClN2O. The van der Waals surface area contributed by atoms with Gasteiger partial charge in [-0.2, -0.15) is 10.2 Å². The molecule has 0 unspecified atom stereocenters. The fourth-order valence-corrected chi connectivity index (χ4v) is 3.19. The van der Waals surface area contributed by atoms with Crippen molar-refractivity contribution in [2.24, 2.45) is 10.2 Å². The van der Waals surface area contributed by atoms with Crippen molar-refractivity contribution < 1.29 is 4.79 Å². The Bertz CT molecular complexity index is 1080. The van der Waals surface area contributed by atoms with Crippen molar-refractivity contribution in [3.05, 3.63) is 125 Å². The van der Waals surface area contributed by atoms with Crippen molar-refractivity contribution in [1.29, 1.82) is 0 Å². The first-order chi connectivity index (χ1) is 14.2. The number of benzene rings is 3. The van der Waals surface area contributed by atoms with Gasteiger partial charge >= 0.3 is 0 Å². The van der Waals surface area contributed by atoms with Crippen LogP contribution in [0.15, 0.2) is 119 Å².